The Morgan fingerprint density at radius 3 is 2.71 bits per heavy atom. The number of hydrogen-bond donors (Lipinski definition) is 2. The van der Waals surface area contributed by atoms with Crippen molar-refractivity contribution in [2.75, 3.05) is 20.7 Å². The van der Waals surface area contributed by atoms with E-state index in [4.69, 9.17) is 5.73 Å². The minimum atomic E-state index is -3.97. The number of nitrogens with two attached hydrogens (primary N) is 1. The van der Waals surface area contributed by atoms with Crippen molar-refractivity contribution >= 4 is 16.3 Å². The van der Waals surface area contributed by atoms with Gasteiger partial charge in [0.2, 0.25) is 0 Å². The van der Waals surface area contributed by atoms with Crippen LogP contribution in [-0.4, -0.2) is 39.5 Å². The van der Waals surface area contributed by atoms with Crippen molar-refractivity contribution in [3.05, 3.63) is 35.4 Å². The molecule has 8 heteroatoms. The highest BCUT2D eigenvalue weighted by Crippen LogP contribution is 2.11. The van der Waals surface area contributed by atoms with Crippen molar-refractivity contribution in [1.29, 1.82) is 0 Å². The minimum absolute atomic E-state index is 0.0573. The third-order valence-corrected chi connectivity index (χ3v) is 3.92. The molecule has 0 aliphatic carbocycles. The molecular formula is C13H17N3O4S. The van der Waals surface area contributed by atoms with E-state index in [2.05, 4.69) is 16.6 Å². The number of carbonyl (C=O) groups is 1. The van der Waals surface area contributed by atoms with E-state index in [9.17, 15) is 13.2 Å². The molecule has 0 fully saturated rings. The summed E-state index contributed by atoms with van der Waals surface area (Å²) in [6.45, 7) is 0.272. The number of nitrogens with zero attached hydrogens (tertiary/aromatic N) is 1. The molecule has 0 saturated heterocycles. The summed E-state index contributed by atoms with van der Waals surface area (Å²) >= 11 is 0. The number of methoxy groups -OCH3 is 1. The van der Waals surface area contributed by atoms with Crippen LogP contribution in [0.1, 0.15) is 11.1 Å². The molecule has 0 spiro atoms. The number of nitrogens with one attached hydrogen (secondary N) is 1. The van der Waals surface area contributed by atoms with E-state index >= 15 is 0 Å². The number of rotatable bonds is 4. The van der Waals surface area contributed by atoms with Gasteiger partial charge < -0.3 is 10.5 Å². The van der Waals surface area contributed by atoms with Crippen molar-refractivity contribution in [1.82, 2.24) is 9.03 Å². The van der Waals surface area contributed by atoms with Crippen LogP contribution in [0.5, 0.6) is 0 Å². The van der Waals surface area contributed by atoms with Crippen molar-refractivity contribution in [2.24, 2.45) is 5.73 Å². The maximum Gasteiger partial charge on any atom is 0.421 e. The second-order valence-corrected chi connectivity index (χ2v) is 5.80. The van der Waals surface area contributed by atoms with E-state index in [-0.39, 0.29) is 13.1 Å². The van der Waals surface area contributed by atoms with Gasteiger partial charge in [-0.2, -0.15) is 12.7 Å². The smallest absolute Gasteiger partial charge is 0.421 e. The predicted octanol–water partition coefficient (Wildman–Crippen LogP) is 0.0294. The topological polar surface area (TPSA) is 102 Å². The first-order valence-electron chi connectivity index (χ1n) is 5.99. The molecule has 1 aromatic carbocycles. The van der Waals surface area contributed by atoms with Gasteiger partial charge in [-0.15, -0.1) is 0 Å². The minimum Gasteiger partial charge on any atom is -0.452 e. The summed E-state index contributed by atoms with van der Waals surface area (Å²) in [5, 5.41) is 0. The molecule has 0 aliphatic heterocycles. The first-order valence-corrected chi connectivity index (χ1v) is 7.43. The maximum atomic E-state index is 11.9. The van der Waals surface area contributed by atoms with E-state index in [1.807, 2.05) is 0 Å². The summed E-state index contributed by atoms with van der Waals surface area (Å²) in [4.78, 5) is 11.0. The molecule has 1 aromatic rings. The van der Waals surface area contributed by atoms with Gasteiger partial charge >= 0.3 is 16.3 Å². The van der Waals surface area contributed by atoms with Crippen LogP contribution >= 0.6 is 0 Å². The predicted molar refractivity (Wildman–Crippen MR) is 78.3 cm³/mol. The standard InChI is InChI=1S/C13H17N3O4S/c1-16(21(18,19)15-13(17)20-2)10-12-7-4-3-6-11(12)8-5-9-14/h3-4,6-7H,9-10,14H2,1-2H3,(H,15,17). The lowest BCUT2D eigenvalue weighted by molar-refractivity contribution is 0.177. The number of carbonyl (C=O) groups excluding carboxylic acids is 1. The fourth-order valence-corrected chi connectivity index (χ4v) is 2.23. The van der Waals surface area contributed by atoms with Crippen LogP contribution in [0.15, 0.2) is 24.3 Å². The molecule has 0 bridgehead atoms. The molecule has 0 heterocycles. The lowest BCUT2D eigenvalue weighted by atomic mass is 10.1. The van der Waals surface area contributed by atoms with Crippen LogP contribution in [-0.2, 0) is 21.5 Å². The monoisotopic (exact) mass is 311 g/mol. The molecule has 0 saturated carbocycles. The molecule has 1 amide bonds. The molecule has 0 radical (unpaired) electrons. The molecule has 0 aliphatic rings. The number of hydrogen-bond acceptors (Lipinski definition) is 5. The number of amides is 1. The molecular weight excluding hydrogens is 294 g/mol. The van der Waals surface area contributed by atoms with Crippen LogP contribution < -0.4 is 10.5 Å². The summed E-state index contributed by atoms with van der Waals surface area (Å²) in [5.41, 5.74) is 6.71. The van der Waals surface area contributed by atoms with E-state index < -0.39 is 16.3 Å². The molecule has 1 rings (SSSR count). The molecule has 0 unspecified atom stereocenters. The van der Waals surface area contributed by atoms with Gasteiger partial charge in [0.1, 0.15) is 0 Å². The van der Waals surface area contributed by atoms with Crippen molar-refractivity contribution in [3.8, 4) is 11.8 Å². The van der Waals surface area contributed by atoms with Gasteiger partial charge in [0, 0.05) is 19.2 Å². The van der Waals surface area contributed by atoms with Crippen LogP contribution in [0.2, 0.25) is 0 Å². The first kappa shape index (κ1) is 17.0. The molecule has 3 N–H and O–H groups in total. The van der Waals surface area contributed by atoms with Crippen LogP contribution in [0, 0.1) is 11.8 Å². The average Bonchev–Trinajstić information content (AvgIpc) is 2.45. The van der Waals surface area contributed by atoms with Gasteiger partial charge in [0.15, 0.2) is 0 Å². The molecule has 0 atom stereocenters. The number of benzene rings is 1. The number of ether oxygens (including phenoxy) is 1. The zero-order chi connectivity index (χ0) is 15.9. The summed E-state index contributed by atoms with van der Waals surface area (Å²) in [7, 11) is -1.54. The Bertz CT molecular complexity index is 661. The molecule has 0 aromatic heterocycles. The van der Waals surface area contributed by atoms with Gasteiger partial charge in [0.25, 0.3) is 0 Å². The lowest BCUT2D eigenvalue weighted by Crippen LogP contribution is -2.41. The van der Waals surface area contributed by atoms with Crippen molar-refractivity contribution in [2.45, 2.75) is 6.54 Å². The lowest BCUT2D eigenvalue weighted by Gasteiger charge is -2.17. The SMILES string of the molecule is COC(=O)NS(=O)(=O)N(C)Cc1ccccc1C#CCN. The highest BCUT2D eigenvalue weighted by atomic mass is 32.2. The summed E-state index contributed by atoms with van der Waals surface area (Å²) in [5.74, 6) is 5.59. The second kappa shape index (κ2) is 7.64. The molecule has 21 heavy (non-hydrogen) atoms. The van der Waals surface area contributed by atoms with Crippen molar-refractivity contribution < 1.29 is 17.9 Å². The van der Waals surface area contributed by atoms with Crippen LogP contribution in [0.3, 0.4) is 0 Å². The second-order valence-electron chi connectivity index (χ2n) is 4.02. The fraction of sp³-hybridized carbons (Fsp3) is 0.308. The quantitative estimate of drug-likeness (QED) is 0.764. The molecule has 7 nitrogen and oxygen atoms in total. The van der Waals surface area contributed by atoms with E-state index in [0.29, 0.717) is 11.1 Å². The van der Waals surface area contributed by atoms with Gasteiger partial charge in [-0.25, -0.2) is 9.52 Å². The van der Waals surface area contributed by atoms with Crippen molar-refractivity contribution in [3.63, 3.8) is 0 Å². The normalized spacial score (nSPS) is 10.7. The van der Waals surface area contributed by atoms with E-state index in [1.54, 1.807) is 29.0 Å². The fourth-order valence-electron chi connectivity index (χ4n) is 1.48. The highest BCUT2D eigenvalue weighted by Gasteiger charge is 2.21. The summed E-state index contributed by atoms with van der Waals surface area (Å²) in [6, 6.07) is 7.10. The van der Waals surface area contributed by atoms with Crippen LogP contribution in [0.4, 0.5) is 4.79 Å². The van der Waals surface area contributed by atoms with Gasteiger partial charge in [-0.3, -0.25) is 0 Å². The Morgan fingerprint density at radius 2 is 2.10 bits per heavy atom. The maximum absolute atomic E-state index is 11.9. The van der Waals surface area contributed by atoms with Gasteiger partial charge in [-0.1, -0.05) is 30.0 Å². The Labute approximate surface area is 124 Å². The Morgan fingerprint density at radius 1 is 1.43 bits per heavy atom. The third-order valence-electron chi connectivity index (χ3n) is 2.54. The zero-order valence-corrected chi connectivity index (χ0v) is 12.6. The first-order chi connectivity index (χ1) is 9.90. The summed E-state index contributed by atoms with van der Waals surface area (Å²) in [6.07, 6.45) is -1.04. The Hall–Kier alpha value is -2.08. The van der Waals surface area contributed by atoms with Gasteiger partial charge in [-0.05, 0) is 11.6 Å². The van der Waals surface area contributed by atoms with E-state index in [0.717, 1.165) is 11.4 Å². The van der Waals surface area contributed by atoms with E-state index in [1.165, 1.54) is 7.05 Å². The summed E-state index contributed by atoms with van der Waals surface area (Å²) < 4.78 is 30.8. The Balaban J connectivity index is 2.93. The van der Waals surface area contributed by atoms with Crippen LogP contribution in [0.25, 0.3) is 0 Å². The zero-order valence-electron chi connectivity index (χ0n) is 11.8. The van der Waals surface area contributed by atoms with Gasteiger partial charge in [0.05, 0.1) is 13.7 Å². The Kier molecular flexibility index (Phi) is 6.17. The third kappa shape index (κ3) is 5.07. The highest BCUT2D eigenvalue weighted by molar-refractivity contribution is 7.87. The average molecular weight is 311 g/mol. The largest absolute Gasteiger partial charge is 0.452 e. The molecule has 114 valence electrons.